The van der Waals surface area contributed by atoms with Gasteiger partial charge in [0, 0.05) is 27.6 Å². The third-order valence-electron chi connectivity index (χ3n) is 5.23. The second-order valence-corrected chi connectivity index (χ2v) is 18.3. The summed E-state index contributed by atoms with van der Waals surface area (Å²) >= 11 is 8.68. The number of hydrogen-bond acceptors (Lipinski definition) is 6. The molecule has 0 aromatic carbocycles. The molecule has 0 bridgehead atoms. The van der Waals surface area contributed by atoms with Gasteiger partial charge in [0.15, 0.2) is 8.32 Å². The number of hydrogen-bond donors (Lipinski definition) is 1. The minimum atomic E-state index is -1.91. The lowest BCUT2D eigenvalue weighted by molar-refractivity contribution is -0.136. The molecule has 9 heteroatoms. The van der Waals surface area contributed by atoms with Crippen molar-refractivity contribution in [2.75, 3.05) is 11.5 Å². The fourth-order valence-corrected chi connectivity index (χ4v) is 9.29. The molecule has 0 saturated carbocycles. The van der Waals surface area contributed by atoms with E-state index in [0.29, 0.717) is 5.25 Å². The van der Waals surface area contributed by atoms with Gasteiger partial charge in [-0.05, 0) is 31.5 Å². The Morgan fingerprint density at radius 3 is 2.52 bits per heavy atom. The molecule has 4 nitrogen and oxygen atoms in total. The quantitative estimate of drug-likeness (QED) is 0.400. The minimum Gasteiger partial charge on any atom is -0.413 e. The third kappa shape index (κ3) is 5.54. The van der Waals surface area contributed by atoms with Crippen LogP contribution in [0.25, 0.3) is 0 Å². The standard InChI is InChI=1S/C16H29NO3S4Si/c1-10(20-25(5,6)16(2,3)4)12-13(18)17-14(12)23-15(21)22-11-7-8-24(19)9-11/h10-12,14H,7-9H2,1-6H3,(H,17,18)/t10-,11+,12+,14+,24-/m1/s1. The maximum atomic E-state index is 12.1. The highest BCUT2D eigenvalue weighted by atomic mass is 32.2. The number of nitrogens with one attached hydrogen (secondary N) is 1. The van der Waals surface area contributed by atoms with Gasteiger partial charge in [-0.1, -0.05) is 44.8 Å². The van der Waals surface area contributed by atoms with Gasteiger partial charge in [-0.2, -0.15) is 0 Å². The molecular weight excluding hydrogens is 411 g/mol. The first-order valence-electron chi connectivity index (χ1n) is 8.61. The van der Waals surface area contributed by atoms with Gasteiger partial charge in [0.05, 0.1) is 17.4 Å². The topological polar surface area (TPSA) is 55.4 Å². The molecule has 0 aromatic rings. The monoisotopic (exact) mass is 439 g/mol. The van der Waals surface area contributed by atoms with Crippen LogP contribution in [-0.4, -0.2) is 50.2 Å². The number of carbonyl (C=O) groups is 1. The van der Waals surface area contributed by atoms with Crippen molar-refractivity contribution in [1.29, 1.82) is 0 Å². The van der Waals surface area contributed by atoms with Gasteiger partial charge in [-0.15, -0.1) is 11.8 Å². The van der Waals surface area contributed by atoms with Crippen LogP contribution < -0.4 is 5.32 Å². The van der Waals surface area contributed by atoms with E-state index in [1.54, 1.807) is 23.5 Å². The SMILES string of the molecule is C[C@@H](O[Si](C)(C)C(C)(C)C)[C@H]1C(=O)N[C@H]1SC(=S)S[C@H]1CC[S@@](=O)C1. The average molecular weight is 440 g/mol. The number of rotatable bonds is 5. The Morgan fingerprint density at radius 1 is 1.40 bits per heavy atom. The van der Waals surface area contributed by atoms with E-state index in [-0.39, 0.29) is 28.3 Å². The van der Waals surface area contributed by atoms with Crippen LogP contribution >= 0.6 is 35.7 Å². The Balaban J connectivity index is 1.89. The number of thiocarbonyl (C=S) groups is 1. The van der Waals surface area contributed by atoms with E-state index < -0.39 is 19.1 Å². The first-order chi connectivity index (χ1) is 11.4. The predicted octanol–water partition coefficient (Wildman–Crippen LogP) is 3.74. The molecule has 2 aliphatic heterocycles. The Bertz CT molecular complexity index is 564. The molecule has 144 valence electrons. The summed E-state index contributed by atoms with van der Waals surface area (Å²) in [6.45, 7) is 13.0. The normalized spacial score (nSPS) is 31.4. The van der Waals surface area contributed by atoms with Gasteiger partial charge in [0.2, 0.25) is 5.91 Å². The third-order valence-corrected chi connectivity index (χ3v) is 14.4. The van der Waals surface area contributed by atoms with Gasteiger partial charge < -0.3 is 9.74 Å². The van der Waals surface area contributed by atoms with Crippen LogP contribution in [0.5, 0.6) is 0 Å². The van der Waals surface area contributed by atoms with Crippen molar-refractivity contribution in [3.05, 3.63) is 0 Å². The summed E-state index contributed by atoms with van der Waals surface area (Å²) in [4.78, 5) is 12.1. The van der Waals surface area contributed by atoms with Gasteiger partial charge in [0.1, 0.15) is 3.53 Å². The van der Waals surface area contributed by atoms with E-state index in [9.17, 15) is 9.00 Å². The fourth-order valence-electron chi connectivity index (χ4n) is 2.64. The van der Waals surface area contributed by atoms with Gasteiger partial charge >= 0.3 is 0 Å². The summed E-state index contributed by atoms with van der Waals surface area (Å²) < 4.78 is 18.7. The van der Waals surface area contributed by atoms with Crippen molar-refractivity contribution in [3.63, 3.8) is 0 Å². The molecule has 2 fully saturated rings. The van der Waals surface area contributed by atoms with E-state index in [2.05, 4.69) is 39.2 Å². The molecule has 0 unspecified atom stereocenters. The zero-order chi connectivity index (χ0) is 19.0. The second kappa shape index (κ2) is 8.30. The van der Waals surface area contributed by atoms with Crippen molar-refractivity contribution in [2.24, 2.45) is 5.92 Å². The zero-order valence-corrected chi connectivity index (χ0v) is 20.1. The highest BCUT2D eigenvalue weighted by Gasteiger charge is 2.48. The highest BCUT2D eigenvalue weighted by Crippen LogP contribution is 2.41. The Kier molecular flexibility index (Phi) is 7.27. The highest BCUT2D eigenvalue weighted by molar-refractivity contribution is 8.47. The fraction of sp³-hybridized carbons (Fsp3) is 0.875. The molecule has 2 aliphatic rings. The Labute approximate surface area is 169 Å². The van der Waals surface area contributed by atoms with E-state index in [1.807, 2.05) is 6.92 Å². The zero-order valence-electron chi connectivity index (χ0n) is 15.8. The van der Waals surface area contributed by atoms with Gasteiger partial charge in [-0.25, -0.2) is 0 Å². The molecule has 2 rings (SSSR count). The minimum absolute atomic E-state index is 0.0147. The summed E-state index contributed by atoms with van der Waals surface area (Å²) in [5.41, 5.74) is 0. The van der Waals surface area contributed by atoms with Crippen molar-refractivity contribution in [1.82, 2.24) is 5.32 Å². The van der Waals surface area contributed by atoms with Crippen molar-refractivity contribution >= 4 is 64.3 Å². The summed E-state index contributed by atoms with van der Waals surface area (Å²) in [6, 6.07) is 0. The molecule has 2 heterocycles. The molecule has 0 spiro atoms. The first kappa shape index (κ1) is 21.9. The van der Waals surface area contributed by atoms with Gasteiger partial charge in [0.25, 0.3) is 0 Å². The summed E-state index contributed by atoms with van der Waals surface area (Å²) in [6.07, 6.45) is 0.850. The smallest absolute Gasteiger partial charge is 0.229 e. The Morgan fingerprint density at radius 2 is 2.04 bits per heavy atom. The van der Waals surface area contributed by atoms with Crippen LogP contribution in [-0.2, 0) is 20.0 Å². The second-order valence-electron chi connectivity index (χ2n) is 8.25. The maximum Gasteiger partial charge on any atom is 0.229 e. The van der Waals surface area contributed by atoms with Crippen LogP contribution in [0.15, 0.2) is 0 Å². The number of amides is 1. The molecule has 1 amide bonds. The van der Waals surface area contributed by atoms with E-state index in [1.165, 1.54) is 0 Å². The van der Waals surface area contributed by atoms with Crippen molar-refractivity contribution in [3.8, 4) is 0 Å². The lowest BCUT2D eigenvalue weighted by atomic mass is 9.96. The number of carbonyl (C=O) groups excluding carboxylic acids is 1. The lowest BCUT2D eigenvalue weighted by Crippen LogP contribution is -2.62. The van der Waals surface area contributed by atoms with Crippen molar-refractivity contribution in [2.45, 2.75) is 69.0 Å². The molecule has 0 radical (unpaired) electrons. The van der Waals surface area contributed by atoms with Crippen molar-refractivity contribution < 1.29 is 13.4 Å². The largest absolute Gasteiger partial charge is 0.413 e. The molecule has 2 saturated heterocycles. The number of β-lactam (4-membered cyclic amide) rings is 1. The van der Waals surface area contributed by atoms with E-state index >= 15 is 0 Å². The molecular formula is C16H29NO3S4Si. The predicted molar refractivity (Wildman–Crippen MR) is 117 cm³/mol. The van der Waals surface area contributed by atoms with Crippen LogP contribution in [0.2, 0.25) is 18.1 Å². The maximum absolute atomic E-state index is 12.1. The molecule has 0 aromatic heterocycles. The average Bonchev–Trinajstić information content (AvgIpc) is 2.80. The van der Waals surface area contributed by atoms with Crippen LogP contribution in [0, 0.1) is 5.92 Å². The van der Waals surface area contributed by atoms with Crippen LogP contribution in [0.3, 0.4) is 0 Å². The summed E-state index contributed by atoms with van der Waals surface area (Å²) in [7, 11) is -2.60. The molecule has 5 atom stereocenters. The Hall–Kier alpha value is 0.587. The van der Waals surface area contributed by atoms with Gasteiger partial charge in [-0.3, -0.25) is 9.00 Å². The molecule has 1 N–H and O–H groups in total. The van der Waals surface area contributed by atoms with E-state index in [4.69, 9.17) is 16.6 Å². The van der Waals surface area contributed by atoms with Crippen LogP contribution in [0.1, 0.15) is 34.1 Å². The lowest BCUT2D eigenvalue weighted by Gasteiger charge is -2.45. The molecule has 25 heavy (non-hydrogen) atoms. The van der Waals surface area contributed by atoms with Crippen LogP contribution in [0.4, 0.5) is 0 Å². The first-order valence-corrected chi connectivity index (χ1v) is 15.2. The number of thioether (sulfide) groups is 2. The molecule has 0 aliphatic carbocycles. The summed E-state index contributed by atoms with van der Waals surface area (Å²) in [5.74, 6) is 1.41. The van der Waals surface area contributed by atoms with E-state index in [0.717, 1.165) is 21.5 Å². The summed E-state index contributed by atoms with van der Waals surface area (Å²) in [5, 5.41) is 3.42.